The molecule has 1 fully saturated rings. The first-order valence-electron chi connectivity index (χ1n) is 10.7. The summed E-state index contributed by atoms with van der Waals surface area (Å²) in [6, 6.07) is 19.9. The second kappa shape index (κ2) is 8.63. The molecule has 0 spiro atoms. The van der Waals surface area contributed by atoms with Crippen LogP contribution in [0.3, 0.4) is 0 Å². The van der Waals surface area contributed by atoms with E-state index in [4.69, 9.17) is 9.15 Å². The second-order valence-corrected chi connectivity index (χ2v) is 8.02. The largest absolute Gasteiger partial charge is 0.493 e. The molecule has 0 amide bonds. The van der Waals surface area contributed by atoms with Gasteiger partial charge in [-0.1, -0.05) is 24.3 Å². The lowest BCUT2D eigenvalue weighted by atomic mass is 10.1. The summed E-state index contributed by atoms with van der Waals surface area (Å²) in [5.41, 5.74) is 2.65. The molecule has 0 unspecified atom stereocenters. The third-order valence-corrected chi connectivity index (χ3v) is 5.97. The van der Waals surface area contributed by atoms with E-state index in [9.17, 15) is 8.78 Å². The maximum Gasteiger partial charge on any atom is 0.176 e. The molecule has 5 rings (SSSR count). The monoisotopic (exact) mass is 434 g/mol. The molecule has 1 aromatic heterocycles. The van der Waals surface area contributed by atoms with Crippen LogP contribution in [0.4, 0.5) is 14.5 Å². The number of benzene rings is 3. The highest BCUT2D eigenvalue weighted by Gasteiger charge is 2.20. The van der Waals surface area contributed by atoms with E-state index in [1.807, 2.05) is 18.2 Å². The fraction of sp³-hybridized carbons (Fsp3) is 0.231. The lowest BCUT2D eigenvalue weighted by Crippen LogP contribution is -2.45. The van der Waals surface area contributed by atoms with Crippen molar-refractivity contribution in [2.75, 3.05) is 38.2 Å². The van der Waals surface area contributed by atoms with Crippen molar-refractivity contribution in [1.29, 1.82) is 0 Å². The third-order valence-electron chi connectivity index (χ3n) is 5.97. The van der Waals surface area contributed by atoms with Gasteiger partial charge in [0, 0.05) is 43.8 Å². The first-order chi connectivity index (χ1) is 15.6. The molecule has 0 saturated carbocycles. The fourth-order valence-corrected chi connectivity index (χ4v) is 4.34. The van der Waals surface area contributed by atoms with Crippen LogP contribution in [0.2, 0.25) is 0 Å². The van der Waals surface area contributed by atoms with Crippen LogP contribution in [0.15, 0.2) is 71.1 Å². The molecule has 32 heavy (non-hydrogen) atoms. The molecule has 1 aliphatic rings. The van der Waals surface area contributed by atoms with Crippen molar-refractivity contribution in [3.63, 3.8) is 0 Å². The zero-order chi connectivity index (χ0) is 22.1. The number of anilines is 1. The van der Waals surface area contributed by atoms with E-state index < -0.39 is 11.6 Å². The second-order valence-electron chi connectivity index (χ2n) is 8.02. The van der Waals surface area contributed by atoms with Crippen LogP contribution in [0.5, 0.6) is 5.75 Å². The Bertz CT molecular complexity index is 1210. The van der Waals surface area contributed by atoms with E-state index in [-0.39, 0.29) is 11.3 Å². The number of nitrogens with zero attached hydrogens (tertiary/aromatic N) is 2. The summed E-state index contributed by atoms with van der Waals surface area (Å²) < 4.78 is 39.8. The van der Waals surface area contributed by atoms with Gasteiger partial charge in [-0.3, -0.25) is 4.90 Å². The van der Waals surface area contributed by atoms with E-state index >= 15 is 0 Å². The minimum absolute atomic E-state index is 0.155. The number of hydrogen-bond donors (Lipinski definition) is 0. The number of furan rings is 1. The van der Waals surface area contributed by atoms with E-state index in [1.54, 1.807) is 13.2 Å². The maximum atomic E-state index is 14.2. The van der Waals surface area contributed by atoms with Crippen molar-refractivity contribution >= 4 is 16.7 Å². The van der Waals surface area contributed by atoms with Crippen molar-refractivity contribution < 1.29 is 17.9 Å². The van der Waals surface area contributed by atoms with Gasteiger partial charge in [0.1, 0.15) is 17.4 Å². The lowest BCUT2D eigenvalue weighted by molar-refractivity contribution is 0.249. The van der Waals surface area contributed by atoms with Gasteiger partial charge in [0.15, 0.2) is 11.3 Å². The van der Waals surface area contributed by atoms with Gasteiger partial charge >= 0.3 is 0 Å². The zero-order valence-electron chi connectivity index (χ0n) is 17.9. The number of ether oxygens (including phenoxy) is 1. The van der Waals surface area contributed by atoms with Crippen LogP contribution >= 0.6 is 0 Å². The molecule has 2 heterocycles. The average Bonchev–Trinajstić information content (AvgIpc) is 3.23. The highest BCUT2D eigenvalue weighted by Crippen LogP contribution is 2.36. The van der Waals surface area contributed by atoms with Crippen LogP contribution < -0.4 is 9.64 Å². The predicted octanol–water partition coefficient (Wildman–Crippen LogP) is 5.71. The van der Waals surface area contributed by atoms with Gasteiger partial charge in [0.25, 0.3) is 0 Å². The molecule has 4 nitrogen and oxygen atoms in total. The summed E-state index contributed by atoms with van der Waals surface area (Å²) >= 11 is 0. The molecular formula is C26H24F2N2O2. The van der Waals surface area contributed by atoms with Gasteiger partial charge in [-0.25, -0.2) is 8.78 Å². The first kappa shape index (κ1) is 20.5. The summed E-state index contributed by atoms with van der Waals surface area (Å²) in [6.45, 7) is 4.60. The SMILES string of the molecule is COc1cc(CN2CCN(c3ccccc3)CC2)cc2cc(-c3c(F)cccc3F)oc12. The van der Waals surface area contributed by atoms with Gasteiger partial charge in [-0.05, 0) is 48.0 Å². The van der Waals surface area contributed by atoms with Crippen molar-refractivity contribution in [3.8, 4) is 17.1 Å². The normalized spacial score (nSPS) is 14.8. The van der Waals surface area contributed by atoms with E-state index in [1.165, 1.54) is 23.9 Å². The quantitative estimate of drug-likeness (QED) is 0.402. The number of rotatable bonds is 5. The molecule has 0 bridgehead atoms. The molecule has 0 N–H and O–H groups in total. The van der Waals surface area contributed by atoms with Crippen LogP contribution in [0.1, 0.15) is 5.56 Å². The topological polar surface area (TPSA) is 28.9 Å². The average molecular weight is 434 g/mol. The number of methoxy groups -OCH3 is 1. The minimum Gasteiger partial charge on any atom is -0.493 e. The van der Waals surface area contributed by atoms with Crippen molar-refractivity contribution in [2.24, 2.45) is 0 Å². The number of halogens is 2. The highest BCUT2D eigenvalue weighted by molar-refractivity contribution is 5.88. The summed E-state index contributed by atoms with van der Waals surface area (Å²) in [4.78, 5) is 4.79. The first-order valence-corrected chi connectivity index (χ1v) is 10.7. The van der Waals surface area contributed by atoms with Crippen molar-refractivity contribution in [2.45, 2.75) is 6.54 Å². The summed E-state index contributed by atoms with van der Waals surface area (Å²) in [5.74, 6) is -0.593. The van der Waals surface area contributed by atoms with Crippen LogP contribution in [-0.4, -0.2) is 38.2 Å². The highest BCUT2D eigenvalue weighted by atomic mass is 19.1. The Labute approximate surface area is 185 Å². The smallest absolute Gasteiger partial charge is 0.176 e. The Kier molecular flexibility index (Phi) is 5.53. The van der Waals surface area contributed by atoms with Crippen LogP contribution in [0, 0.1) is 11.6 Å². The molecule has 0 radical (unpaired) electrons. The minimum atomic E-state index is -0.653. The molecule has 1 aliphatic heterocycles. The molecule has 1 saturated heterocycles. The van der Waals surface area contributed by atoms with Crippen molar-refractivity contribution in [3.05, 3.63) is 83.9 Å². The van der Waals surface area contributed by atoms with E-state index in [2.05, 4.69) is 34.1 Å². The Morgan fingerprint density at radius 2 is 1.59 bits per heavy atom. The zero-order valence-corrected chi connectivity index (χ0v) is 17.9. The standard InChI is InChI=1S/C26H24F2N2O2/c1-31-24-15-18(17-29-10-12-30(13-11-29)20-6-3-2-4-7-20)14-19-16-23(32-26(19)24)25-21(27)8-5-9-22(25)28/h2-9,14-16H,10-13,17H2,1H3. The van der Waals surface area contributed by atoms with Crippen LogP contribution in [-0.2, 0) is 6.54 Å². The summed E-state index contributed by atoms with van der Waals surface area (Å²) in [6.07, 6.45) is 0. The number of fused-ring (bicyclic) bond motifs is 1. The Morgan fingerprint density at radius 3 is 2.28 bits per heavy atom. The van der Waals surface area contributed by atoms with Crippen molar-refractivity contribution in [1.82, 2.24) is 4.90 Å². The number of para-hydroxylation sites is 1. The van der Waals surface area contributed by atoms with E-state index in [0.717, 1.165) is 43.7 Å². The van der Waals surface area contributed by atoms with Gasteiger partial charge in [0.2, 0.25) is 0 Å². The Morgan fingerprint density at radius 1 is 0.875 bits per heavy atom. The molecule has 164 valence electrons. The maximum absolute atomic E-state index is 14.2. The van der Waals surface area contributed by atoms with Gasteiger partial charge in [-0.2, -0.15) is 0 Å². The molecule has 3 aromatic carbocycles. The summed E-state index contributed by atoms with van der Waals surface area (Å²) in [5, 5.41) is 0.764. The summed E-state index contributed by atoms with van der Waals surface area (Å²) in [7, 11) is 1.57. The van der Waals surface area contributed by atoms with Crippen LogP contribution in [0.25, 0.3) is 22.3 Å². The Balaban J connectivity index is 1.37. The number of hydrogen-bond acceptors (Lipinski definition) is 4. The molecular weight excluding hydrogens is 410 g/mol. The molecule has 4 aromatic rings. The lowest BCUT2D eigenvalue weighted by Gasteiger charge is -2.36. The molecule has 6 heteroatoms. The number of piperazine rings is 1. The Hall–Kier alpha value is -3.38. The van der Waals surface area contributed by atoms with Gasteiger partial charge < -0.3 is 14.1 Å². The third kappa shape index (κ3) is 3.94. The predicted molar refractivity (Wildman–Crippen MR) is 122 cm³/mol. The van der Waals surface area contributed by atoms with Gasteiger partial charge in [0.05, 0.1) is 12.7 Å². The van der Waals surface area contributed by atoms with Gasteiger partial charge in [-0.15, -0.1) is 0 Å². The molecule has 0 aliphatic carbocycles. The fourth-order valence-electron chi connectivity index (χ4n) is 4.34. The molecule has 0 atom stereocenters. The van der Waals surface area contributed by atoms with E-state index in [0.29, 0.717) is 11.3 Å².